The maximum absolute atomic E-state index is 8.91. The number of hydrogen-bond acceptors (Lipinski definition) is 7. The second-order valence-corrected chi connectivity index (χ2v) is 5.47. The van der Waals surface area contributed by atoms with E-state index in [1.807, 2.05) is 4.68 Å². The Morgan fingerprint density at radius 1 is 1.52 bits per heavy atom. The molecule has 0 spiro atoms. The molecule has 0 unspecified atom stereocenters. The average molecular weight is 310 g/mol. The lowest BCUT2D eigenvalue weighted by Gasteiger charge is -2.04. The first kappa shape index (κ1) is 13.5. The van der Waals surface area contributed by atoms with Crippen molar-refractivity contribution in [2.45, 2.75) is 13.0 Å². The van der Waals surface area contributed by atoms with Gasteiger partial charge in [0.25, 0.3) is 0 Å². The molecule has 4 rings (SSSR count). The summed E-state index contributed by atoms with van der Waals surface area (Å²) in [5, 5.41) is 23.1. The minimum atomic E-state index is 0.140. The van der Waals surface area contributed by atoms with Gasteiger partial charge in [-0.25, -0.2) is 14.6 Å². The van der Waals surface area contributed by atoms with Gasteiger partial charge in [0.15, 0.2) is 11.5 Å². The van der Waals surface area contributed by atoms with Gasteiger partial charge in [0.1, 0.15) is 11.3 Å². The van der Waals surface area contributed by atoms with Crippen LogP contribution in [-0.4, -0.2) is 37.1 Å². The number of nitrogens with one attached hydrogen (secondary N) is 2. The highest BCUT2D eigenvalue weighted by atomic mass is 16.5. The van der Waals surface area contributed by atoms with Crippen LogP contribution < -0.4 is 10.1 Å². The molecule has 2 N–H and O–H groups in total. The van der Waals surface area contributed by atoms with Crippen molar-refractivity contribution >= 4 is 22.8 Å². The van der Waals surface area contributed by atoms with Crippen molar-refractivity contribution in [2.24, 2.45) is 11.8 Å². The Balaban J connectivity index is 1.57. The molecule has 0 radical (unpaired) electrons. The minimum Gasteiger partial charge on any atom is -0.480 e. The topological polar surface area (TPSA) is 117 Å². The van der Waals surface area contributed by atoms with Crippen LogP contribution >= 0.6 is 0 Å². The third kappa shape index (κ3) is 2.55. The number of anilines is 2. The lowest BCUT2D eigenvalue weighted by Crippen LogP contribution is -2.05. The predicted molar refractivity (Wildman–Crippen MR) is 81.0 cm³/mol. The first-order valence-electron chi connectivity index (χ1n) is 7.21. The molecule has 116 valence electrons. The van der Waals surface area contributed by atoms with E-state index in [1.54, 1.807) is 25.6 Å². The highest BCUT2D eigenvalue weighted by Gasteiger charge is 2.37. The number of fused-ring (bicyclic) bond motifs is 1. The first-order chi connectivity index (χ1) is 11.3. The quantitative estimate of drug-likeness (QED) is 0.732. The van der Waals surface area contributed by atoms with Crippen molar-refractivity contribution in [1.29, 1.82) is 5.26 Å². The molecule has 2 atom stereocenters. The van der Waals surface area contributed by atoms with Crippen molar-refractivity contribution in [3.63, 3.8) is 0 Å². The van der Waals surface area contributed by atoms with Gasteiger partial charge in [-0.15, -0.1) is 5.10 Å². The third-order valence-corrected chi connectivity index (χ3v) is 3.87. The fourth-order valence-corrected chi connectivity index (χ4v) is 2.48. The van der Waals surface area contributed by atoms with Crippen LogP contribution in [0.4, 0.5) is 11.6 Å². The van der Waals surface area contributed by atoms with E-state index in [0.29, 0.717) is 35.6 Å². The Morgan fingerprint density at radius 3 is 3.17 bits per heavy atom. The van der Waals surface area contributed by atoms with Crippen LogP contribution in [0.15, 0.2) is 18.5 Å². The van der Waals surface area contributed by atoms with Gasteiger partial charge in [-0.05, 0) is 12.3 Å². The second kappa shape index (κ2) is 5.24. The number of hydrogen-bond donors (Lipinski definition) is 2. The maximum Gasteiger partial charge on any atom is 0.234 e. The number of nitriles is 1. The van der Waals surface area contributed by atoms with E-state index in [9.17, 15) is 0 Å². The van der Waals surface area contributed by atoms with Crippen molar-refractivity contribution in [2.75, 3.05) is 12.4 Å². The number of ether oxygens (including phenoxy) is 1. The summed E-state index contributed by atoms with van der Waals surface area (Å²) in [6.07, 6.45) is 4.25. The fraction of sp³-hybridized carbons (Fsp3) is 0.357. The number of H-pyrrole nitrogens is 1. The summed E-state index contributed by atoms with van der Waals surface area (Å²) in [7, 11) is 1.55. The van der Waals surface area contributed by atoms with E-state index >= 15 is 0 Å². The largest absolute Gasteiger partial charge is 0.480 e. The third-order valence-electron chi connectivity index (χ3n) is 3.87. The predicted octanol–water partition coefficient (Wildman–Crippen LogP) is 1.46. The Bertz CT molecular complexity index is 892. The molecule has 3 aromatic heterocycles. The van der Waals surface area contributed by atoms with Crippen molar-refractivity contribution in [1.82, 2.24) is 29.9 Å². The number of methoxy groups -OCH3 is 1. The van der Waals surface area contributed by atoms with Gasteiger partial charge in [0.05, 0.1) is 31.5 Å². The first-order valence-corrected chi connectivity index (χ1v) is 7.21. The van der Waals surface area contributed by atoms with Crippen LogP contribution in [0.25, 0.3) is 11.2 Å². The van der Waals surface area contributed by atoms with Crippen LogP contribution in [0.1, 0.15) is 6.42 Å². The van der Waals surface area contributed by atoms with Gasteiger partial charge < -0.3 is 10.1 Å². The van der Waals surface area contributed by atoms with E-state index in [0.717, 1.165) is 11.9 Å². The van der Waals surface area contributed by atoms with Gasteiger partial charge in [0.2, 0.25) is 5.88 Å². The van der Waals surface area contributed by atoms with Crippen molar-refractivity contribution < 1.29 is 4.74 Å². The van der Waals surface area contributed by atoms with Crippen LogP contribution in [0, 0.1) is 23.2 Å². The molecular weight excluding hydrogens is 296 g/mol. The molecular formula is C14H14N8O. The van der Waals surface area contributed by atoms with Crippen molar-refractivity contribution in [3.8, 4) is 11.9 Å². The van der Waals surface area contributed by atoms with E-state index in [4.69, 9.17) is 10.00 Å². The smallest absolute Gasteiger partial charge is 0.234 e. The summed E-state index contributed by atoms with van der Waals surface area (Å²) in [5.74, 6) is 2.23. The summed E-state index contributed by atoms with van der Waals surface area (Å²) < 4.78 is 6.83. The zero-order valence-corrected chi connectivity index (χ0v) is 12.4. The Kier molecular flexibility index (Phi) is 3.08. The van der Waals surface area contributed by atoms with E-state index in [1.165, 1.54) is 0 Å². The molecule has 1 saturated carbocycles. The van der Waals surface area contributed by atoms with Gasteiger partial charge in [-0.3, -0.25) is 5.10 Å². The number of nitrogens with zero attached hydrogens (tertiary/aromatic N) is 6. The number of aromatic nitrogens is 6. The Morgan fingerprint density at radius 2 is 2.43 bits per heavy atom. The summed E-state index contributed by atoms with van der Waals surface area (Å²) in [6.45, 7) is 0.692. The highest BCUT2D eigenvalue weighted by molar-refractivity contribution is 5.71. The molecule has 3 aromatic rings. The average Bonchev–Trinajstić information content (AvgIpc) is 2.97. The van der Waals surface area contributed by atoms with Gasteiger partial charge in [-0.1, -0.05) is 0 Å². The molecule has 1 aliphatic carbocycles. The van der Waals surface area contributed by atoms with Gasteiger partial charge in [0, 0.05) is 12.6 Å². The van der Waals surface area contributed by atoms with E-state index in [2.05, 4.69) is 36.7 Å². The Hall–Kier alpha value is -3.15. The molecule has 9 nitrogen and oxygen atoms in total. The van der Waals surface area contributed by atoms with E-state index in [-0.39, 0.29) is 5.92 Å². The zero-order chi connectivity index (χ0) is 15.8. The van der Waals surface area contributed by atoms with Gasteiger partial charge in [-0.2, -0.15) is 10.4 Å². The minimum absolute atomic E-state index is 0.140. The number of aromatic amines is 1. The standard InChI is InChI=1S/C14H14N8O/c1-23-13-3-11(20-21-13)18-12-6-16-10-5-17-22(14(10)19-12)7-9-2-8(9)4-15/h3,5-6,8-9H,2,7H2,1H3,(H2,18,19,20,21)/t8-,9-/m1/s1. The molecule has 1 fully saturated rings. The molecule has 0 aromatic carbocycles. The molecule has 1 aliphatic rings. The summed E-state index contributed by atoms with van der Waals surface area (Å²) >= 11 is 0. The van der Waals surface area contributed by atoms with Crippen LogP contribution in [0.2, 0.25) is 0 Å². The normalized spacial score (nSPS) is 19.5. The van der Waals surface area contributed by atoms with E-state index < -0.39 is 0 Å². The molecule has 9 heteroatoms. The number of rotatable bonds is 5. The summed E-state index contributed by atoms with van der Waals surface area (Å²) in [5.41, 5.74) is 1.43. The maximum atomic E-state index is 8.91. The molecule has 23 heavy (non-hydrogen) atoms. The zero-order valence-electron chi connectivity index (χ0n) is 12.4. The lowest BCUT2D eigenvalue weighted by molar-refractivity contribution is 0.397. The molecule has 0 bridgehead atoms. The van der Waals surface area contributed by atoms with Crippen LogP contribution in [-0.2, 0) is 6.54 Å². The molecule has 0 saturated heterocycles. The SMILES string of the molecule is COc1cc(Nc2cnc3cnn(C[C@H]4C[C@@H]4C#N)c3n2)[nH]n1. The second-order valence-electron chi connectivity index (χ2n) is 5.47. The Labute approximate surface area is 131 Å². The van der Waals surface area contributed by atoms with Gasteiger partial charge >= 0.3 is 0 Å². The van der Waals surface area contributed by atoms with Crippen molar-refractivity contribution in [3.05, 3.63) is 18.5 Å². The summed E-state index contributed by atoms with van der Waals surface area (Å²) in [6, 6.07) is 4.02. The fourth-order valence-electron chi connectivity index (χ4n) is 2.48. The lowest BCUT2D eigenvalue weighted by atomic mass is 10.3. The van der Waals surface area contributed by atoms with Crippen LogP contribution in [0.3, 0.4) is 0 Å². The molecule has 0 amide bonds. The van der Waals surface area contributed by atoms with Crippen LogP contribution in [0.5, 0.6) is 5.88 Å². The molecule has 3 heterocycles. The monoisotopic (exact) mass is 310 g/mol. The highest BCUT2D eigenvalue weighted by Crippen LogP contribution is 2.39. The molecule has 0 aliphatic heterocycles. The summed E-state index contributed by atoms with van der Waals surface area (Å²) in [4.78, 5) is 8.91.